The van der Waals surface area contributed by atoms with E-state index in [0.29, 0.717) is 6.42 Å². The Labute approximate surface area is 99.5 Å². The average Bonchev–Trinajstić information content (AvgIpc) is 2.72. The Morgan fingerprint density at radius 1 is 1.53 bits per heavy atom. The molecule has 1 aromatic carbocycles. The maximum absolute atomic E-state index is 11.5. The molecule has 1 heterocycles. The second-order valence-electron chi connectivity index (χ2n) is 3.80. The van der Waals surface area contributed by atoms with Crippen LogP contribution in [-0.4, -0.2) is 29.2 Å². The Kier molecular flexibility index (Phi) is 3.61. The highest BCUT2D eigenvalue weighted by molar-refractivity contribution is 5.69. The third-order valence-corrected chi connectivity index (χ3v) is 2.60. The number of cyclic esters (lactones) is 1. The fourth-order valence-electron chi connectivity index (χ4n) is 1.64. The molecule has 0 saturated carbocycles. The lowest BCUT2D eigenvalue weighted by molar-refractivity contribution is -0.245. The number of hydrogen-bond acceptors (Lipinski definition) is 4. The molecule has 1 fully saturated rings. The van der Waals surface area contributed by atoms with Crippen LogP contribution in [0.1, 0.15) is 24.9 Å². The lowest BCUT2D eigenvalue weighted by atomic mass is 10.1. The summed E-state index contributed by atoms with van der Waals surface area (Å²) in [6, 6.07) is 9.14. The zero-order chi connectivity index (χ0) is 12.3. The molecular weight excluding hydrogens is 222 g/mol. The first kappa shape index (κ1) is 11.9. The number of benzene rings is 1. The lowest BCUT2D eigenvalue weighted by Gasteiger charge is -2.22. The van der Waals surface area contributed by atoms with Gasteiger partial charge in [0.1, 0.15) is 12.6 Å². The predicted octanol–water partition coefficient (Wildman–Crippen LogP) is 1.84. The SMILES string of the molecule is CCC(O)ON1C(=O)OCC1c1ccccc1. The fourth-order valence-corrected chi connectivity index (χ4v) is 1.64. The summed E-state index contributed by atoms with van der Waals surface area (Å²) in [5.41, 5.74) is 0.918. The monoisotopic (exact) mass is 237 g/mol. The van der Waals surface area contributed by atoms with Crippen LogP contribution in [0.3, 0.4) is 0 Å². The number of carbonyl (C=O) groups is 1. The normalized spacial score (nSPS) is 21.4. The summed E-state index contributed by atoms with van der Waals surface area (Å²) in [6.07, 6.45) is -1.15. The summed E-state index contributed by atoms with van der Waals surface area (Å²) in [5.74, 6) is 0. The van der Waals surface area contributed by atoms with Gasteiger partial charge < -0.3 is 9.84 Å². The van der Waals surface area contributed by atoms with Gasteiger partial charge in [-0.25, -0.2) is 9.63 Å². The van der Waals surface area contributed by atoms with Gasteiger partial charge in [0, 0.05) is 0 Å². The molecule has 0 aliphatic carbocycles. The molecule has 1 amide bonds. The van der Waals surface area contributed by atoms with E-state index in [2.05, 4.69) is 0 Å². The Morgan fingerprint density at radius 3 is 2.88 bits per heavy atom. The van der Waals surface area contributed by atoms with Crippen molar-refractivity contribution >= 4 is 6.09 Å². The minimum atomic E-state index is -0.994. The van der Waals surface area contributed by atoms with Crippen molar-refractivity contribution < 1.29 is 19.5 Å². The quantitative estimate of drug-likeness (QED) is 0.812. The maximum Gasteiger partial charge on any atom is 0.434 e. The molecule has 1 aliphatic rings. The molecule has 1 aliphatic heterocycles. The Bertz CT molecular complexity index is 381. The van der Waals surface area contributed by atoms with Gasteiger partial charge in [0.15, 0.2) is 6.29 Å². The number of hydroxylamine groups is 2. The molecular formula is C12H15NO4. The summed E-state index contributed by atoms with van der Waals surface area (Å²) in [6.45, 7) is 2.00. The van der Waals surface area contributed by atoms with Crippen LogP contribution in [0, 0.1) is 0 Å². The Hall–Kier alpha value is -1.59. The van der Waals surface area contributed by atoms with Crippen LogP contribution < -0.4 is 0 Å². The molecule has 5 heteroatoms. The van der Waals surface area contributed by atoms with Gasteiger partial charge in [0.25, 0.3) is 0 Å². The molecule has 2 rings (SSSR count). The first-order chi connectivity index (χ1) is 8.22. The van der Waals surface area contributed by atoms with Crippen LogP contribution in [0.2, 0.25) is 0 Å². The highest BCUT2D eigenvalue weighted by atomic mass is 16.8. The first-order valence-electron chi connectivity index (χ1n) is 5.58. The Morgan fingerprint density at radius 2 is 2.24 bits per heavy atom. The number of nitrogens with zero attached hydrogens (tertiary/aromatic N) is 1. The van der Waals surface area contributed by atoms with Gasteiger partial charge in [0.2, 0.25) is 0 Å². The molecule has 5 nitrogen and oxygen atoms in total. The third kappa shape index (κ3) is 2.57. The highest BCUT2D eigenvalue weighted by Gasteiger charge is 2.36. The van der Waals surface area contributed by atoms with E-state index in [0.717, 1.165) is 10.6 Å². The van der Waals surface area contributed by atoms with E-state index in [1.54, 1.807) is 6.92 Å². The summed E-state index contributed by atoms with van der Waals surface area (Å²) >= 11 is 0. The van der Waals surface area contributed by atoms with E-state index in [9.17, 15) is 9.90 Å². The summed E-state index contributed by atoms with van der Waals surface area (Å²) in [4.78, 5) is 16.6. The van der Waals surface area contributed by atoms with Crippen molar-refractivity contribution in [2.75, 3.05) is 6.61 Å². The fraction of sp³-hybridized carbons (Fsp3) is 0.417. The van der Waals surface area contributed by atoms with E-state index < -0.39 is 12.4 Å². The van der Waals surface area contributed by atoms with E-state index in [1.807, 2.05) is 30.3 Å². The molecule has 92 valence electrons. The van der Waals surface area contributed by atoms with Gasteiger partial charge in [0.05, 0.1) is 0 Å². The molecule has 17 heavy (non-hydrogen) atoms. The number of carbonyl (C=O) groups excluding carboxylic acids is 1. The molecule has 2 atom stereocenters. The number of ether oxygens (including phenoxy) is 1. The molecule has 0 bridgehead atoms. The van der Waals surface area contributed by atoms with Gasteiger partial charge in [-0.15, -0.1) is 0 Å². The van der Waals surface area contributed by atoms with Crippen molar-refractivity contribution in [2.45, 2.75) is 25.7 Å². The number of amides is 1. The van der Waals surface area contributed by atoms with Gasteiger partial charge in [-0.2, -0.15) is 5.06 Å². The van der Waals surface area contributed by atoms with Crippen molar-refractivity contribution in [1.82, 2.24) is 5.06 Å². The largest absolute Gasteiger partial charge is 0.445 e. The zero-order valence-corrected chi connectivity index (χ0v) is 9.57. The minimum absolute atomic E-state index is 0.235. The number of rotatable bonds is 4. The summed E-state index contributed by atoms with van der Waals surface area (Å²) < 4.78 is 4.93. The molecule has 0 aromatic heterocycles. The molecule has 1 aromatic rings. The topological polar surface area (TPSA) is 59.0 Å². The molecule has 1 N–H and O–H groups in total. The van der Waals surface area contributed by atoms with Crippen LogP contribution >= 0.6 is 0 Å². The smallest absolute Gasteiger partial charge is 0.434 e. The maximum atomic E-state index is 11.5. The van der Waals surface area contributed by atoms with Crippen molar-refractivity contribution in [1.29, 1.82) is 0 Å². The molecule has 0 radical (unpaired) electrons. The van der Waals surface area contributed by atoms with Gasteiger partial charge in [-0.1, -0.05) is 37.3 Å². The van der Waals surface area contributed by atoms with E-state index in [1.165, 1.54) is 0 Å². The van der Waals surface area contributed by atoms with E-state index >= 15 is 0 Å². The number of aliphatic hydroxyl groups is 1. The summed E-state index contributed by atoms with van der Waals surface area (Å²) in [5, 5.41) is 10.5. The highest BCUT2D eigenvalue weighted by Crippen LogP contribution is 2.28. The van der Waals surface area contributed by atoms with Crippen LogP contribution in [-0.2, 0) is 9.57 Å². The minimum Gasteiger partial charge on any atom is -0.445 e. The zero-order valence-electron chi connectivity index (χ0n) is 9.57. The van der Waals surface area contributed by atoms with Crippen LogP contribution in [0.25, 0.3) is 0 Å². The number of hydrogen-bond donors (Lipinski definition) is 1. The van der Waals surface area contributed by atoms with Gasteiger partial charge in [-0.05, 0) is 12.0 Å². The van der Waals surface area contributed by atoms with Crippen LogP contribution in [0.15, 0.2) is 30.3 Å². The third-order valence-electron chi connectivity index (χ3n) is 2.60. The average molecular weight is 237 g/mol. The lowest BCUT2D eigenvalue weighted by Crippen LogP contribution is -2.32. The second-order valence-corrected chi connectivity index (χ2v) is 3.80. The predicted molar refractivity (Wildman–Crippen MR) is 59.8 cm³/mol. The van der Waals surface area contributed by atoms with Crippen LogP contribution in [0.5, 0.6) is 0 Å². The summed E-state index contributed by atoms with van der Waals surface area (Å²) in [7, 11) is 0. The van der Waals surface area contributed by atoms with Crippen molar-refractivity contribution in [3.05, 3.63) is 35.9 Å². The molecule has 0 spiro atoms. The van der Waals surface area contributed by atoms with E-state index in [-0.39, 0.29) is 12.6 Å². The first-order valence-corrected chi connectivity index (χ1v) is 5.58. The standard InChI is InChI=1S/C12H15NO4/c1-2-11(14)17-13-10(8-16-12(13)15)9-6-4-3-5-7-9/h3-7,10-11,14H,2,8H2,1H3. The van der Waals surface area contributed by atoms with Crippen LogP contribution in [0.4, 0.5) is 4.79 Å². The van der Waals surface area contributed by atoms with Gasteiger partial charge in [-0.3, -0.25) is 0 Å². The van der Waals surface area contributed by atoms with E-state index in [4.69, 9.17) is 9.57 Å². The van der Waals surface area contributed by atoms with Crippen molar-refractivity contribution in [3.8, 4) is 0 Å². The molecule has 2 unspecified atom stereocenters. The number of aliphatic hydroxyl groups excluding tert-OH is 1. The van der Waals surface area contributed by atoms with Crippen molar-refractivity contribution in [3.63, 3.8) is 0 Å². The van der Waals surface area contributed by atoms with Crippen molar-refractivity contribution in [2.24, 2.45) is 0 Å². The second kappa shape index (κ2) is 5.16. The van der Waals surface area contributed by atoms with Gasteiger partial charge >= 0.3 is 6.09 Å². The Balaban J connectivity index is 2.14. The molecule has 1 saturated heterocycles.